The highest BCUT2D eigenvalue weighted by molar-refractivity contribution is 7.90. The van der Waals surface area contributed by atoms with E-state index < -0.39 is 15.6 Å². The molecule has 2 aromatic carbocycles. The first-order chi connectivity index (χ1) is 11.4. The third-order valence-electron chi connectivity index (χ3n) is 4.44. The van der Waals surface area contributed by atoms with E-state index in [1.54, 1.807) is 17.0 Å². The lowest BCUT2D eigenvalue weighted by atomic mass is 9.90. The van der Waals surface area contributed by atoms with Crippen LogP contribution in [-0.4, -0.2) is 38.8 Å². The fourth-order valence-electron chi connectivity index (χ4n) is 3.37. The molecule has 2 aliphatic heterocycles. The second-order valence-electron chi connectivity index (χ2n) is 5.92. The van der Waals surface area contributed by atoms with Gasteiger partial charge in [0.2, 0.25) is 0 Å². The maximum absolute atomic E-state index is 12.5. The van der Waals surface area contributed by atoms with Crippen LogP contribution in [0.1, 0.15) is 11.1 Å². The van der Waals surface area contributed by atoms with E-state index in [1.807, 2.05) is 30.3 Å². The highest BCUT2D eigenvalue weighted by Gasteiger charge is 2.52. The molecular weight excluding hydrogens is 328 g/mol. The Balaban J connectivity index is 2.03. The third-order valence-corrected chi connectivity index (χ3v) is 5.55. The molecule has 0 radical (unpaired) electrons. The molecule has 0 aliphatic carbocycles. The van der Waals surface area contributed by atoms with Gasteiger partial charge in [-0.05, 0) is 18.2 Å². The maximum Gasteiger partial charge on any atom is 0.324 e. The second-order valence-corrected chi connectivity index (χ2v) is 7.94. The summed E-state index contributed by atoms with van der Waals surface area (Å²) in [6.07, 6.45) is 1.17. The van der Waals surface area contributed by atoms with Crippen LogP contribution in [0.4, 0.5) is 10.5 Å². The molecule has 2 amide bonds. The first kappa shape index (κ1) is 15.2. The number of rotatable bonds is 2. The topological polar surface area (TPSA) is 75.7 Å². The number of carbonyl (C=O) groups excluding carboxylic acids is 1. The zero-order valence-corrected chi connectivity index (χ0v) is 13.8. The summed E-state index contributed by atoms with van der Waals surface area (Å²) in [7, 11) is -3.37. The van der Waals surface area contributed by atoms with Gasteiger partial charge in [-0.2, -0.15) is 0 Å². The fraction of sp³-hybridized carbons (Fsp3) is 0.235. The molecule has 2 aliphatic rings. The number of amides is 2. The molecule has 0 bridgehead atoms. The van der Waals surface area contributed by atoms with Crippen LogP contribution in [-0.2, 0) is 20.3 Å². The van der Waals surface area contributed by atoms with Crippen molar-refractivity contribution >= 4 is 21.6 Å². The molecule has 0 aromatic heterocycles. The van der Waals surface area contributed by atoms with Gasteiger partial charge in [0.1, 0.15) is 0 Å². The van der Waals surface area contributed by atoms with E-state index in [0.29, 0.717) is 24.4 Å². The van der Waals surface area contributed by atoms with Gasteiger partial charge in [0.05, 0.1) is 17.2 Å². The molecule has 1 fully saturated rings. The molecule has 1 N–H and O–H groups in total. The van der Waals surface area contributed by atoms with Gasteiger partial charge < -0.3 is 10.1 Å². The number of anilines is 1. The number of hydrogen-bond acceptors (Lipinski definition) is 4. The quantitative estimate of drug-likeness (QED) is 0.906. The SMILES string of the molecule is CS(=O)(=O)c1ccc2c(c1)C1(c3ccccc3)OCCN1C(=O)N2. The van der Waals surface area contributed by atoms with Crippen molar-refractivity contribution in [3.05, 3.63) is 59.7 Å². The molecule has 24 heavy (non-hydrogen) atoms. The number of carbonyl (C=O) groups is 1. The zero-order chi connectivity index (χ0) is 16.9. The zero-order valence-electron chi connectivity index (χ0n) is 13.0. The Bertz CT molecular complexity index is 927. The summed E-state index contributed by atoms with van der Waals surface area (Å²) >= 11 is 0. The Kier molecular flexibility index (Phi) is 3.20. The van der Waals surface area contributed by atoms with Crippen molar-refractivity contribution in [3.8, 4) is 0 Å². The monoisotopic (exact) mass is 344 g/mol. The molecule has 0 saturated carbocycles. The van der Waals surface area contributed by atoms with E-state index in [1.165, 1.54) is 12.3 Å². The Morgan fingerprint density at radius 1 is 1.17 bits per heavy atom. The number of nitrogens with one attached hydrogen (secondary N) is 1. The predicted molar refractivity (Wildman–Crippen MR) is 88.5 cm³/mol. The van der Waals surface area contributed by atoms with Crippen molar-refractivity contribution in [2.45, 2.75) is 10.6 Å². The van der Waals surface area contributed by atoms with Crippen LogP contribution < -0.4 is 5.32 Å². The minimum atomic E-state index is -3.37. The molecule has 2 heterocycles. The van der Waals surface area contributed by atoms with Gasteiger partial charge in [-0.1, -0.05) is 30.3 Å². The summed E-state index contributed by atoms with van der Waals surface area (Å²) in [5.41, 5.74) is 0.895. The van der Waals surface area contributed by atoms with Crippen molar-refractivity contribution in [2.75, 3.05) is 24.7 Å². The van der Waals surface area contributed by atoms with Crippen LogP contribution >= 0.6 is 0 Å². The van der Waals surface area contributed by atoms with Crippen molar-refractivity contribution in [1.29, 1.82) is 0 Å². The molecule has 1 unspecified atom stereocenters. The fourth-order valence-corrected chi connectivity index (χ4v) is 4.02. The minimum Gasteiger partial charge on any atom is -0.345 e. The number of nitrogens with zero attached hydrogens (tertiary/aromatic N) is 1. The van der Waals surface area contributed by atoms with E-state index in [-0.39, 0.29) is 10.9 Å². The van der Waals surface area contributed by atoms with E-state index >= 15 is 0 Å². The van der Waals surface area contributed by atoms with E-state index in [4.69, 9.17) is 4.74 Å². The maximum atomic E-state index is 12.5. The first-order valence-corrected chi connectivity index (χ1v) is 9.45. The van der Waals surface area contributed by atoms with Crippen LogP contribution in [0.5, 0.6) is 0 Å². The second kappa shape index (κ2) is 5.06. The molecule has 7 heteroatoms. The van der Waals surface area contributed by atoms with Crippen molar-refractivity contribution in [1.82, 2.24) is 4.90 Å². The number of fused-ring (bicyclic) bond motifs is 3. The van der Waals surface area contributed by atoms with E-state index in [9.17, 15) is 13.2 Å². The summed E-state index contributed by atoms with van der Waals surface area (Å²) in [5.74, 6) is 0. The standard InChI is InChI=1S/C17H16N2O4S/c1-24(21,22)13-7-8-15-14(11-13)17(12-5-3-2-4-6-12)19(9-10-23-17)16(20)18-15/h2-8,11H,9-10H2,1H3,(H,18,20). The predicted octanol–water partition coefficient (Wildman–Crippen LogP) is 2.17. The molecular formula is C17H16N2O4S. The number of hydrogen-bond donors (Lipinski definition) is 1. The van der Waals surface area contributed by atoms with Crippen LogP contribution in [0, 0.1) is 0 Å². The molecule has 6 nitrogen and oxygen atoms in total. The number of sulfone groups is 1. The molecule has 124 valence electrons. The molecule has 1 saturated heterocycles. The van der Waals surface area contributed by atoms with E-state index in [0.717, 1.165) is 5.56 Å². The van der Waals surface area contributed by atoms with Crippen molar-refractivity contribution < 1.29 is 17.9 Å². The van der Waals surface area contributed by atoms with Gasteiger partial charge in [-0.15, -0.1) is 0 Å². The highest BCUT2D eigenvalue weighted by Crippen LogP contribution is 2.47. The smallest absolute Gasteiger partial charge is 0.324 e. The van der Waals surface area contributed by atoms with Crippen LogP contribution in [0.15, 0.2) is 53.4 Å². The Morgan fingerprint density at radius 2 is 1.92 bits per heavy atom. The minimum absolute atomic E-state index is 0.197. The summed E-state index contributed by atoms with van der Waals surface area (Å²) in [5, 5.41) is 2.82. The highest BCUT2D eigenvalue weighted by atomic mass is 32.2. The summed E-state index contributed by atoms with van der Waals surface area (Å²) in [4.78, 5) is 14.3. The third kappa shape index (κ3) is 2.05. The van der Waals surface area contributed by atoms with Crippen LogP contribution in [0.3, 0.4) is 0 Å². The average Bonchev–Trinajstić information content (AvgIpc) is 3.01. The number of ether oxygens (including phenoxy) is 1. The molecule has 4 rings (SSSR count). The Labute approximate surface area is 140 Å². The lowest BCUT2D eigenvalue weighted by molar-refractivity contribution is -0.0327. The average molecular weight is 344 g/mol. The van der Waals surface area contributed by atoms with Gasteiger partial charge >= 0.3 is 6.03 Å². The van der Waals surface area contributed by atoms with Crippen molar-refractivity contribution in [3.63, 3.8) is 0 Å². The van der Waals surface area contributed by atoms with Crippen LogP contribution in [0.2, 0.25) is 0 Å². The molecule has 0 spiro atoms. The van der Waals surface area contributed by atoms with Crippen LogP contribution in [0.25, 0.3) is 0 Å². The number of benzene rings is 2. The largest absolute Gasteiger partial charge is 0.345 e. The Morgan fingerprint density at radius 3 is 2.62 bits per heavy atom. The summed E-state index contributed by atoms with van der Waals surface area (Å²) < 4.78 is 30.0. The summed E-state index contributed by atoms with van der Waals surface area (Å²) in [6, 6.07) is 13.8. The Hall–Kier alpha value is -2.38. The normalized spacial score (nSPS) is 22.7. The van der Waals surface area contributed by atoms with Gasteiger partial charge in [-0.25, -0.2) is 13.2 Å². The lowest BCUT2D eigenvalue weighted by Gasteiger charge is -2.42. The van der Waals surface area contributed by atoms with E-state index in [2.05, 4.69) is 5.32 Å². The first-order valence-electron chi connectivity index (χ1n) is 7.55. The van der Waals surface area contributed by atoms with Gasteiger partial charge in [0.15, 0.2) is 15.6 Å². The summed E-state index contributed by atoms with van der Waals surface area (Å²) in [6.45, 7) is 0.814. The van der Waals surface area contributed by atoms with Gasteiger partial charge in [0.25, 0.3) is 0 Å². The van der Waals surface area contributed by atoms with Gasteiger partial charge in [0, 0.05) is 23.9 Å². The lowest BCUT2D eigenvalue weighted by Crippen LogP contribution is -2.52. The van der Waals surface area contributed by atoms with Crippen molar-refractivity contribution in [2.24, 2.45) is 0 Å². The molecule has 1 atom stereocenters. The molecule has 2 aromatic rings. The number of urea groups is 1. The van der Waals surface area contributed by atoms with Gasteiger partial charge in [-0.3, -0.25) is 4.90 Å².